The third kappa shape index (κ3) is 9.56. The van der Waals surface area contributed by atoms with Crippen LogP contribution in [0.3, 0.4) is 0 Å². The largest absolute Gasteiger partial charge is 0.388 e. The Hall–Kier alpha value is -5.41. The van der Waals surface area contributed by atoms with Gasteiger partial charge in [-0.15, -0.1) is 0 Å². The molecule has 0 bridgehead atoms. The van der Waals surface area contributed by atoms with Gasteiger partial charge in [0.15, 0.2) is 34.0 Å². The number of carbonyl (C=O) groups excluding carboxylic acids is 2. The van der Waals surface area contributed by atoms with E-state index in [1.54, 1.807) is 9.13 Å². The minimum atomic E-state index is -1.25. The summed E-state index contributed by atoms with van der Waals surface area (Å²) in [6.45, 7) is -1.47. The molecule has 0 saturated heterocycles. The van der Waals surface area contributed by atoms with Crippen molar-refractivity contribution in [2.24, 2.45) is 0 Å². The van der Waals surface area contributed by atoms with Crippen molar-refractivity contribution in [1.82, 2.24) is 64.6 Å². The van der Waals surface area contributed by atoms with Gasteiger partial charge in [-0.3, -0.25) is 9.59 Å². The van der Waals surface area contributed by atoms with Crippen LogP contribution in [0.1, 0.15) is 76.3 Å². The van der Waals surface area contributed by atoms with Gasteiger partial charge in [0.25, 0.3) is 0 Å². The number of anilines is 4. The summed E-state index contributed by atoms with van der Waals surface area (Å²) in [4.78, 5) is 63.6. The van der Waals surface area contributed by atoms with Crippen LogP contribution < -0.4 is 31.9 Å². The van der Waals surface area contributed by atoms with Crippen molar-refractivity contribution >= 4 is 80.9 Å². The van der Waals surface area contributed by atoms with Crippen LogP contribution in [0.25, 0.3) is 22.3 Å². The van der Waals surface area contributed by atoms with Crippen LogP contribution >= 0.6 is 23.2 Å². The molecule has 0 unspecified atom stereocenters. The number of amides is 2. The van der Waals surface area contributed by atoms with Crippen molar-refractivity contribution in [3.05, 3.63) is 29.5 Å². The first kappa shape index (κ1) is 45.7. The number of aliphatic hydroxyl groups is 6. The number of hydrogen-bond donors (Lipinski definition) is 12. The lowest BCUT2D eigenvalue weighted by Crippen LogP contribution is -2.44. The van der Waals surface area contributed by atoms with Crippen LogP contribution in [-0.2, 0) is 9.59 Å². The van der Waals surface area contributed by atoms with Crippen LogP contribution in [0.5, 0.6) is 0 Å². The summed E-state index contributed by atoms with van der Waals surface area (Å²) in [7, 11) is 0. The monoisotopic (exact) mass is 955 g/mol. The number of imidazole rings is 2. The van der Waals surface area contributed by atoms with E-state index in [1.807, 2.05) is 0 Å². The van der Waals surface area contributed by atoms with Gasteiger partial charge in [0, 0.05) is 24.2 Å². The van der Waals surface area contributed by atoms with Gasteiger partial charge in [-0.1, -0.05) is 0 Å². The van der Waals surface area contributed by atoms with Crippen molar-refractivity contribution in [3.8, 4) is 0 Å². The zero-order valence-corrected chi connectivity index (χ0v) is 36.8. The quantitative estimate of drug-likeness (QED) is 0.0619. The average molecular weight is 957 g/mol. The van der Waals surface area contributed by atoms with Gasteiger partial charge in [0.05, 0.1) is 36.8 Å². The highest BCUT2D eigenvalue weighted by Crippen LogP contribution is 2.37. The Morgan fingerprint density at radius 2 is 0.924 bits per heavy atom. The van der Waals surface area contributed by atoms with Crippen LogP contribution in [-0.4, -0.2) is 170 Å². The summed E-state index contributed by atoms with van der Waals surface area (Å²) in [5.41, 5.74) is 1.65. The Kier molecular flexibility index (Phi) is 13.5. The van der Waals surface area contributed by atoms with Crippen molar-refractivity contribution in [2.45, 2.75) is 137 Å². The predicted octanol–water partition coefficient (Wildman–Crippen LogP) is -0.584. The number of carbonyl (C=O) groups is 2. The summed E-state index contributed by atoms with van der Waals surface area (Å²) in [5, 5.41) is 80.1. The molecule has 4 fully saturated rings. The molecule has 4 aliphatic rings. The smallest absolute Gasteiger partial charge is 0.246 e. The number of aromatic nitrogens is 11. The maximum Gasteiger partial charge on any atom is 0.246 e. The van der Waals surface area contributed by atoms with Gasteiger partial charge in [-0.25, -0.2) is 19.9 Å². The summed E-state index contributed by atoms with van der Waals surface area (Å²) in [5.74, 6) is 0.541. The molecule has 5 aromatic heterocycles. The molecule has 66 heavy (non-hydrogen) atoms. The fraction of sp³-hybridized carbons (Fsp3) is 0.615. The highest BCUT2D eigenvalue weighted by molar-refractivity contribution is 6.29. The second-order valence-electron chi connectivity index (χ2n) is 17.4. The Labute approximate surface area is 385 Å². The molecule has 12 N–H and O–H groups in total. The highest BCUT2D eigenvalue weighted by atomic mass is 35.5. The summed E-state index contributed by atoms with van der Waals surface area (Å²) in [6.07, 6.45) is 6.34. The van der Waals surface area contributed by atoms with E-state index in [0.717, 1.165) is 51.4 Å². The first-order valence-corrected chi connectivity index (χ1v) is 22.7. The van der Waals surface area contributed by atoms with Crippen LogP contribution in [0.15, 0.2) is 19.0 Å². The molecule has 4 saturated carbocycles. The highest BCUT2D eigenvalue weighted by Gasteiger charge is 2.45. The van der Waals surface area contributed by atoms with Gasteiger partial charge >= 0.3 is 0 Å². The van der Waals surface area contributed by atoms with Gasteiger partial charge in [0.1, 0.15) is 44.0 Å². The average Bonchev–Trinajstić information content (AvgIpc) is 4.06. The van der Waals surface area contributed by atoms with E-state index in [0.29, 0.717) is 45.9 Å². The summed E-state index contributed by atoms with van der Waals surface area (Å²) < 4.78 is 3.26. The fourth-order valence-corrected chi connectivity index (χ4v) is 10.1. The molecule has 25 nitrogen and oxygen atoms in total. The van der Waals surface area contributed by atoms with E-state index in [4.69, 9.17) is 33.4 Å². The van der Waals surface area contributed by atoms with Gasteiger partial charge in [-0.05, 0) is 87.4 Å². The Bertz CT molecular complexity index is 2370. The SMILES string of the molecule is O=C(CO)N[C@H]1C[C@@H](n2cnc3c(NC4CCC(Nc5ncnc(NC6CCC(Nc7nc(Cl)nc8c7ncn8[C@@H]7C[C@H](NC(=O)CO)[C@@H](O)[C@H]7O)CC6)n5)CC4)nc(Cl)nc32)[C@H](O)[C@@H]1O. The number of aliphatic hydroxyl groups excluding tert-OH is 6. The first-order chi connectivity index (χ1) is 31.8. The van der Waals surface area contributed by atoms with Crippen LogP contribution in [0, 0.1) is 0 Å². The lowest BCUT2D eigenvalue weighted by atomic mass is 9.91. The summed E-state index contributed by atoms with van der Waals surface area (Å²) >= 11 is 12.7. The molecule has 354 valence electrons. The van der Waals surface area contributed by atoms with E-state index in [1.165, 1.54) is 19.0 Å². The standard InChI is InChI=1S/C39H51Cl2N17O8/c40-36-52-32(26-34(54-36)57(14-44-26)22-9-20(28(63)30(22)65)50-24(61)11-59)46-16-1-5-18(6-2-16)48-38-42-13-43-39(56-38)49-19-7-3-17(4-8-19)47-33-27-35(55-37(41)53-33)58(15-45-27)23-10-21(29(64)31(23)66)51-25(62)12-60/h13-23,28-31,59-60,63-66H,1-12H2,(H,50,61)(H,51,62)(H,46,52,54)(H,47,53,55)(H2,42,43,48,49,56)/t16?,17?,18?,19?,20-,21-,22+,23+,28+,29+,30-,31-/m0/s1. The van der Waals surface area contributed by atoms with E-state index < -0.39 is 73.6 Å². The molecular formula is C39H51Cl2N17O8. The number of fused-ring (bicyclic) bond motifs is 2. The Morgan fingerprint density at radius 3 is 1.30 bits per heavy atom. The molecular weight excluding hydrogens is 905 g/mol. The number of rotatable bonds is 14. The molecule has 8 atom stereocenters. The van der Waals surface area contributed by atoms with Crippen molar-refractivity contribution in [2.75, 3.05) is 34.5 Å². The number of nitrogens with one attached hydrogen (secondary N) is 6. The number of halogens is 2. The fourth-order valence-electron chi connectivity index (χ4n) is 9.78. The molecule has 5 heterocycles. The normalized spacial score (nSPS) is 30.1. The predicted molar refractivity (Wildman–Crippen MR) is 236 cm³/mol. The molecule has 0 radical (unpaired) electrons. The molecule has 9 rings (SSSR count). The molecule has 0 aliphatic heterocycles. The second kappa shape index (κ2) is 19.4. The third-order valence-electron chi connectivity index (χ3n) is 13.2. The third-order valence-corrected chi connectivity index (χ3v) is 13.5. The first-order valence-electron chi connectivity index (χ1n) is 21.9. The zero-order valence-electron chi connectivity index (χ0n) is 35.3. The molecule has 27 heteroatoms. The van der Waals surface area contributed by atoms with Crippen molar-refractivity contribution < 1.29 is 40.2 Å². The number of hydrogen-bond acceptors (Lipinski definition) is 21. The lowest BCUT2D eigenvalue weighted by Gasteiger charge is -2.30. The minimum absolute atomic E-state index is 0.0156. The van der Waals surface area contributed by atoms with E-state index >= 15 is 0 Å². The van der Waals surface area contributed by atoms with Crippen LogP contribution in [0.4, 0.5) is 23.5 Å². The maximum atomic E-state index is 11.8. The van der Waals surface area contributed by atoms with E-state index in [2.05, 4.69) is 76.8 Å². The second-order valence-corrected chi connectivity index (χ2v) is 18.0. The molecule has 2 amide bonds. The Balaban J connectivity index is 0.756. The van der Waals surface area contributed by atoms with Gasteiger partial charge < -0.3 is 71.7 Å². The molecule has 0 aromatic carbocycles. The van der Waals surface area contributed by atoms with Gasteiger partial charge in [-0.2, -0.15) is 24.9 Å². The van der Waals surface area contributed by atoms with E-state index in [-0.39, 0.29) is 47.6 Å². The zero-order chi connectivity index (χ0) is 46.2. The molecule has 0 spiro atoms. The molecule has 5 aromatic rings. The minimum Gasteiger partial charge on any atom is -0.388 e. The lowest BCUT2D eigenvalue weighted by molar-refractivity contribution is -0.126. The van der Waals surface area contributed by atoms with Crippen molar-refractivity contribution in [3.63, 3.8) is 0 Å². The summed E-state index contributed by atoms with van der Waals surface area (Å²) in [6, 6.07) is -2.53. The molecule has 4 aliphatic carbocycles. The topological polar surface area (TPSA) is 354 Å². The van der Waals surface area contributed by atoms with Crippen LogP contribution in [0.2, 0.25) is 10.6 Å². The number of nitrogens with zero attached hydrogens (tertiary/aromatic N) is 11. The van der Waals surface area contributed by atoms with Gasteiger partial charge in [0.2, 0.25) is 34.3 Å². The van der Waals surface area contributed by atoms with E-state index in [9.17, 15) is 30.0 Å². The van der Waals surface area contributed by atoms with Crippen molar-refractivity contribution in [1.29, 1.82) is 0 Å². The maximum absolute atomic E-state index is 11.8. The Morgan fingerprint density at radius 1 is 0.545 bits per heavy atom.